The molecule has 2 atom stereocenters. The first kappa shape index (κ1) is 13.5. The molecule has 0 fully saturated rings. The van der Waals surface area contributed by atoms with Crippen LogP contribution >= 0.6 is 0 Å². The van der Waals surface area contributed by atoms with Gasteiger partial charge in [0.1, 0.15) is 5.75 Å². The van der Waals surface area contributed by atoms with Gasteiger partial charge in [-0.3, -0.25) is 4.79 Å². The van der Waals surface area contributed by atoms with Gasteiger partial charge >= 0.3 is 0 Å². The van der Waals surface area contributed by atoms with E-state index in [0.717, 1.165) is 18.4 Å². The number of hydrogen-bond donors (Lipinski definition) is 3. The second kappa shape index (κ2) is 6.25. The van der Waals surface area contributed by atoms with Crippen molar-refractivity contribution >= 4 is 5.91 Å². The van der Waals surface area contributed by atoms with Crippen LogP contribution < -0.4 is 11.1 Å². The van der Waals surface area contributed by atoms with Crippen LogP contribution in [0.4, 0.5) is 0 Å². The number of benzene rings is 1. The quantitative estimate of drug-likeness (QED) is 0.718. The summed E-state index contributed by atoms with van der Waals surface area (Å²) in [6.07, 6.45) is 1.71. The van der Waals surface area contributed by atoms with Gasteiger partial charge in [0, 0.05) is 6.04 Å². The van der Waals surface area contributed by atoms with E-state index in [1.807, 2.05) is 19.1 Å². The largest absolute Gasteiger partial charge is 0.508 e. The molecule has 0 aliphatic carbocycles. The fourth-order valence-electron chi connectivity index (χ4n) is 1.49. The molecule has 0 bridgehead atoms. The third-order valence-corrected chi connectivity index (χ3v) is 2.60. The second-order valence-electron chi connectivity index (χ2n) is 4.40. The molecule has 0 saturated carbocycles. The third-order valence-electron chi connectivity index (χ3n) is 2.60. The summed E-state index contributed by atoms with van der Waals surface area (Å²) in [4.78, 5) is 11.3. The van der Waals surface area contributed by atoms with Crippen molar-refractivity contribution in [3.63, 3.8) is 0 Å². The van der Waals surface area contributed by atoms with Gasteiger partial charge in [-0.2, -0.15) is 0 Å². The second-order valence-corrected chi connectivity index (χ2v) is 4.40. The first-order valence-corrected chi connectivity index (χ1v) is 5.83. The highest BCUT2D eigenvalue weighted by atomic mass is 16.3. The number of aromatic hydroxyl groups is 1. The zero-order valence-electron chi connectivity index (χ0n) is 10.3. The molecule has 0 saturated heterocycles. The Bertz CT molecular complexity index is 360. The molecule has 17 heavy (non-hydrogen) atoms. The third kappa shape index (κ3) is 4.87. The Morgan fingerprint density at radius 1 is 1.35 bits per heavy atom. The predicted molar refractivity (Wildman–Crippen MR) is 67.7 cm³/mol. The maximum absolute atomic E-state index is 11.3. The average Bonchev–Trinajstić information content (AvgIpc) is 2.28. The fraction of sp³-hybridized carbons (Fsp3) is 0.462. The standard InChI is InChI=1S/C13H20N2O2/c1-9(15-13(17)10(2)14)3-4-11-5-7-12(16)8-6-11/h5-10,16H,3-4,14H2,1-2H3,(H,15,17)/t9?,10-/m0/s1. The summed E-state index contributed by atoms with van der Waals surface area (Å²) in [5, 5.41) is 12.0. The number of hydrogen-bond acceptors (Lipinski definition) is 3. The summed E-state index contributed by atoms with van der Waals surface area (Å²) in [5.74, 6) is 0.148. The first-order chi connectivity index (χ1) is 7.99. The number of rotatable bonds is 5. The molecule has 1 amide bonds. The van der Waals surface area contributed by atoms with Crippen LogP contribution in [-0.2, 0) is 11.2 Å². The summed E-state index contributed by atoms with van der Waals surface area (Å²) < 4.78 is 0. The van der Waals surface area contributed by atoms with Crippen molar-refractivity contribution in [2.45, 2.75) is 38.8 Å². The summed E-state index contributed by atoms with van der Waals surface area (Å²) >= 11 is 0. The van der Waals surface area contributed by atoms with E-state index in [1.54, 1.807) is 19.1 Å². The van der Waals surface area contributed by atoms with Crippen LogP contribution in [0.25, 0.3) is 0 Å². The van der Waals surface area contributed by atoms with Gasteiger partial charge in [0.25, 0.3) is 0 Å². The maximum atomic E-state index is 11.3. The fourth-order valence-corrected chi connectivity index (χ4v) is 1.49. The average molecular weight is 236 g/mol. The van der Waals surface area contributed by atoms with Gasteiger partial charge in [-0.15, -0.1) is 0 Å². The van der Waals surface area contributed by atoms with E-state index in [1.165, 1.54) is 0 Å². The van der Waals surface area contributed by atoms with E-state index in [2.05, 4.69) is 5.32 Å². The zero-order valence-corrected chi connectivity index (χ0v) is 10.3. The molecule has 0 aliphatic rings. The molecule has 0 radical (unpaired) electrons. The molecule has 1 aromatic rings. The molecule has 0 heterocycles. The van der Waals surface area contributed by atoms with Crippen LogP contribution in [0.15, 0.2) is 24.3 Å². The van der Waals surface area contributed by atoms with Crippen molar-refractivity contribution < 1.29 is 9.90 Å². The molecule has 1 rings (SSSR count). The molecular formula is C13H20N2O2. The Hall–Kier alpha value is -1.55. The van der Waals surface area contributed by atoms with Crippen LogP contribution in [0.3, 0.4) is 0 Å². The number of nitrogens with one attached hydrogen (secondary N) is 1. The van der Waals surface area contributed by atoms with Crippen molar-refractivity contribution in [1.82, 2.24) is 5.32 Å². The highest BCUT2D eigenvalue weighted by Crippen LogP contribution is 2.11. The van der Waals surface area contributed by atoms with Crippen molar-refractivity contribution in [3.8, 4) is 5.75 Å². The van der Waals surface area contributed by atoms with Crippen molar-refractivity contribution in [2.24, 2.45) is 5.73 Å². The Balaban J connectivity index is 2.35. The van der Waals surface area contributed by atoms with Gasteiger partial charge in [0.2, 0.25) is 5.91 Å². The molecule has 0 aliphatic heterocycles. The minimum absolute atomic E-state index is 0.0994. The lowest BCUT2D eigenvalue weighted by atomic mass is 10.1. The van der Waals surface area contributed by atoms with Crippen LogP contribution in [0.2, 0.25) is 0 Å². The van der Waals surface area contributed by atoms with Crippen LogP contribution in [0.1, 0.15) is 25.8 Å². The minimum Gasteiger partial charge on any atom is -0.508 e. The molecule has 4 N–H and O–H groups in total. The molecule has 94 valence electrons. The summed E-state index contributed by atoms with van der Waals surface area (Å²) in [6, 6.07) is 6.74. The monoisotopic (exact) mass is 236 g/mol. The predicted octanol–water partition coefficient (Wildman–Crippen LogP) is 1.18. The Kier molecular flexibility index (Phi) is 4.97. The summed E-state index contributed by atoms with van der Waals surface area (Å²) in [6.45, 7) is 3.63. The Morgan fingerprint density at radius 2 is 1.94 bits per heavy atom. The Labute approximate surface area is 102 Å². The SMILES string of the molecule is CC(CCc1ccc(O)cc1)NC(=O)[C@H](C)N. The van der Waals surface area contributed by atoms with Gasteiger partial charge in [-0.1, -0.05) is 12.1 Å². The van der Waals surface area contributed by atoms with Gasteiger partial charge in [-0.05, 0) is 44.4 Å². The van der Waals surface area contributed by atoms with Crippen molar-refractivity contribution in [3.05, 3.63) is 29.8 Å². The smallest absolute Gasteiger partial charge is 0.236 e. The Morgan fingerprint density at radius 3 is 2.47 bits per heavy atom. The van der Waals surface area contributed by atoms with Crippen LogP contribution in [0.5, 0.6) is 5.75 Å². The highest BCUT2D eigenvalue weighted by molar-refractivity contribution is 5.81. The minimum atomic E-state index is -0.467. The summed E-state index contributed by atoms with van der Waals surface area (Å²) in [5.41, 5.74) is 6.61. The molecule has 4 nitrogen and oxygen atoms in total. The van der Waals surface area contributed by atoms with Gasteiger partial charge in [0.15, 0.2) is 0 Å². The van der Waals surface area contributed by atoms with E-state index in [0.29, 0.717) is 0 Å². The number of carbonyl (C=O) groups excluding carboxylic acids is 1. The van der Waals surface area contributed by atoms with Crippen LogP contribution in [-0.4, -0.2) is 23.1 Å². The lowest BCUT2D eigenvalue weighted by molar-refractivity contribution is -0.122. The number of carbonyl (C=O) groups is 1. The van der Waals surface area contributed by atoms with E-state index >= 15 is 0 Å². The molecular weight excluding hydrogens is 216 g/mol. The molecule has 4 heteroatoms. The summed E-state index contributed by atoms with van der Waals surface area (Å²) in [7, 11) is 0. The number of nitrogens with two attached hydrogens (primary N) is 1. The van der Waals surface area contributed by atoms with Crippen molar-refractivity contribution in [2.75, 3.05) is 0 Å². The van der Waals surface area contributed by atoms with Crippen molar-refractivity contribution in [1.29, 1.82) is 0 Å². The van der Waals surface area contributed by atoms with E-state index in [4.69, 9.17) is 10.8 Å². The topological polar surface area (TPSA) is 75.3 Å². The number of aryl methyl sites for hydroxylation is 1. The lowest BCUT2D eigenvalue weighted by Gasteiger charge is -2.15. The van der Waals surface area contributed by atoms with Gasteiger partial charge < -0.3 is 16.2 Å². The number of amides is 1. The van der Waals surface area contributed by atoms with Crippen LogP contribution in [0, 0.1) is 0 Å². The highest BCUT2D eigenvalue weighted by Gasteiger charge is 2.10. The normalized spacial score (nSPS) is 14.1. The zero-order chi connectivity index (χ0) is 12.8. The number of phenols is 1. The lowest BCUT2D eigenvalue weighted by Crippen LogP contribution is -2.42. The van der Waals surface area contributed by atoms with Gasteiger partial charge in [0.05, 0.1) is 6.04 Å². The van der Waals surface area contributed by atoms with E-state index in [-0.39, 0.29) is 17.7 Å². The van der Waals surface area contributed by atoms with E-state index < -0.39 is 6.04 Å². The maximum Gasteiger partial charge on any atom is 0.236 e. The molecule has 1 aromatic carbocycles. The molecule has 0 aromatic heterocycles. The molecule has 1 unspecified atom stereocenters. The van der Waals surface area contributed by atoms with Gasteiger partial charge in [-0.25, -0.2) is 0 Å². The first-order valence-electron chi connectivity index (χ1n) is 5.83. The van der Waals surface area contributed by atoms with E-state index in [9.17, 15) is 4.79 Å². The molecule has 0 spiro atoms. The number of phenolic OH excluding ortho intramolecular Hbond substituents is 1.